The Morgan fingerprint density at radius 2 is 2.19 bits per heavy atom. The molecule has 110 valence electrons. The predicted molar refractivity (Wildman–Crippen MR) is 76.0 cm³/mol. The Hall–Kier alpha value is -2.17. The smallest absolute Gasteiger partial charge is 0.334 e. The number of aromatic nitrogens is 1. The van der Waals surface area contributed by atoms with Crippen LogP contribution in [0, 0.1) is 17.8 Å². The number of carbonyl (C=O) groups is 2. The minimum atomic E-state index is -0.841. The molecule has 2 aliphatic rings. The summed E-state index contributed by atoms with van der Waals surface area (Å²) in [4.78, 5) is 28.5. The molecular weight excluding hydrogens is 268 g/mol. The van der Waals surface area contributed by atoms with Gasteiger partial charge in [0.2, 0.25) is 5.91 Å². The fraction of sp³-hybridized carbons (Fsp3) is 0.438. The number of nitrogens with one attached hydrogen (secondary N) is 1. The van der Waals surface area contributed by atoms with Crippen LogP contribution in [0.1, 0.15) is 24.6 Å². The Kier molecular flexibility index (Phi) is 3.73. The summed E-state index contributed by atoms with van der Waals surface area (Å²) in [5.41, 5.74) is 0.497. The van der Waals surface area contributed by atoms with E-state index in [9.17, 15) is 9.59 Å². The number of pyridine rings is 1. The van der Waals surface area contributed by atoms with Crippen molar-refractivity contribution < 1.29 is 14.3 Å². The lowest BCUT2D eigenvalue weighted by atomic mass is 9.92. The summed E-state index contributed by atoms with van der Waals surface area (Å²) < 4.78 is 4.78. The SMILES string of the molecule is COC(=O)C(NC(=O)C1CC2C=CC1C2)c1ccccn1. The average molecular weight is 286 g/mol. The number of hydrogen-bond acceptors (Lipinski definition) is 4. The number of fused-ring (bicyclic) bond motifs is 2. The second-order valence-corrected chi connectivity index (χ2v) is 5.61. The van der Waals surface area contributed by atoms with Crippen LogP contribution in [0.3, 0.4) is 0 Å². The summed E-state index contributed by atoms with van der Waals surface area (Å²) in [7, 11) is 1.31. The summed E-state index contributed by atoms with van der Waals surface area (Å²) in [5, 5.41) is 2.80. The zero-order valence-corrected chi connectivity index (χ0v) is 11.9. The number of amides is 1. The van der Waals surface area contributed by atoms with Crippen molar-refractivity contribution in [2.45, 2.75) is 18.9 Å². The van der Waals surface area contributed by atoms with Gasteiger partial charge in [0.05, 0.1) is 12.8 Å². The second-order valence-electron chi connectivity index (χ2n) is 5.61. The van der Waals surface area contributed by atoms with Crippen LogP contribution in [-0.4, -0.2) is 24.0 Å². The second kappa shape index (κ2) is 5.68. The van der Waals surface area contributed by atoms with E-state index in [1.807, 2.05) is 0 Å². The molecule has 21 heavy (non-hydrogen) atoms. The Bertz CT molecular complexity index is 570. The van der Waals surface area contributed by atoms with Gasteiger partial charge in [-0.3, -0.25) is 9.78 Å². The maximum atomic E-state index is 12.5. The molecule has 1 N–H and O–H groups in total. The van der Waals surface area contributed by atoms with Crippen molar-refractivity contribution in [2.75, 3.05) is 7.11 Å². The van der Waals surface area contributed by atoms with Crippen molar-refractivity contribution >= 4 is 11.9 Å². The monoisotopic (exact) mass is 286 g/mol. The summed E-state index contributed by atoms with van der Waals surface area (Å²) >= 11 is 0. The van der Waals surface area contributed by atoms with Gasteiger partial charge in [0.1, 0.15) is 0 Å². The molecule has 1 saturated carbocycles. The molecule has 0 saturated heterocycles. The third-order valence-corrected chi connectivity index (χ3v) is 4.32. The highest BCUT2D eigenvalue weighted by Crippen LogP contribution is 2.43. The number of ether oxygens (including phenoxy) is 1. The maximum Gasteiger partial charge on any atom is 0.334 e. The number of carbonyl (C=O) groups excluding carboxylic acids is 2. The van der Waals surface area contributed by atoms with Crippen LogP contribution >= 0.6 is 0 Å². The first-order valence-electron chi connectivity index (χ1n) is 7.16. The van der Waals surface area contributed by atoms with E-state index >= 15 is 0 Å². The topological polar surface area (TPSA) is 68.3 Å². The van der Waals surface area contributed by atoms with Crippen molar-refractivity contribution in [1.82, 2.24) is 10.3 Å². The fourth-order valence-corrected chi connectivity index (χ4v) is 3.25. The fourth-order valence-electron chi connectivity index (χ4n) is 3.25. The summed E-state index contributed by atoms with van der Waals surface area (Å²) in [6.07, 6.45) is 7.81. The van der Waals surface area contributed by atoms with Crippen molar-refractivity contribution in [3.05, 3.63) is 42.2 Å². The van der Waals surface area contributed by atoms with E-state index in [0.717, 1.165) is 12.8 Å². The molecule has 4 atom stereocenters. The molecule has 1 amide bonds. The highest BCUT2D eigenvalue weighted by atomic mass is 16.5. The molecule has 2 bridgehead atoms. The van der Waals surface area contributed by atoms with E-state index in [-0.39, 0.29) is 11.8 Å². The number of nitrogens with zero attached hydrogens (tertiary/aromatic N) is 1. The van der Waals surface area contributed by atoms with Crippen LogP contribution in [-0.2, 0) is 14.3 Å². The van der Waals surface area contributed by atoms with Crippen molar-refractivity contribution in [3.8, 4) is 0 Å². The van der Waals surface area contributed by atoms with E-state index in [4.69, 9.17) is 4.74 Å². The van der Waals surface area contributed by atoms with Crippen LogP contribution in [0.2, 0.25) is 0 Å². The normalized spacial score (nSPS) is 27.4. The largest absolute Gasteiger partial charge is 0.467 e. The van der Waals surface area contributed by atoms with Gasteiger partial charge >= 0.3 is 5.97 Å². The van der Waals surface area contributed by atoms with Crippen molar-refractivity contribution in [1.29, 1.82) is 0 Å². The standard InChI is InChI=1S/C16H18N2O3/c1-21-16(20)14(13-4-2-3-7-17-13)18-15(19)12-9-10-5-6-11(12)8-10/h2-7,10-12,14H,8-9H2,1H3,(H,18,19). The van der Waals surface area contributed by atoms with Crippen molar-refractivity contribution in [3.63, 3.8) is 0 Å². The van der Waals surface area contributed by atoms with Gasteiger partial charge in [-0.2, -0.15) is 0 Å². The molecule has 4 unspecified atom stereocenters. The zero-order chi connectivity index (χ0) is 14.8. The molecule has 0 aliphatic heterocycles. The van der Waals surface area contributed by atoms with Gasteiger partial charge in [0, 0.05) is 12.1 Å². The molecule has 0 spiro atoms. The van der Waals surface area contributed by atoms with E-state index in [1.165, 1.54) is 7.11 Å². The van der Waals surface area contributed by atoms with Gasteiger partial charge in [0.15, 0.2) is 6.04 Å². The first kappa shape index (κ1) is 13.8. The molecule has 5 nitrogen and oxygen atoms in total. The van der Waals surface area contributed by atoms with Crippen LogP contribution in [0.5, 0.6) is 0 Å². The molecule has 1 aromatic rings. The Morgan fingerprint density at radius 1 is 1.33 bits per heavy atom. The van der Waals surface area contributed by atoms with E-state index in [2.05, 4.69) is 22.5 Å². The number of esters is 1. The zero-order valence-electron chi connectivity index (χ0n) is 11.9. The minimum Gasteiger partial charge on any atom is -0.467 e. The molecule has 1 aromatic heterocycles. The van der Waals surface area contributed by atoms with Gasteiger partial charge in [-0.15, -0.1) is 0 Å². The van der Waals surface area contributed by atoms with Crippen LogP contribution in [0.25, 0.3) is 0 Å². The Balaban J connectivity index is 1.74. The van der Waals surface area contributed by atoms with Gasteiger partial charge in [0.25, 0.3) is 0 Å². The van der Waals surface area contributed by atoms with Crippen LogP contribution < -0.4 is 5.32 Å². The lowest BCUT2D eigenvalue weighted by Crippen LogP contribution is -2.39. The van der Waals surface area contributed by atoms with Gasteiger partial charge in [-0.05, 0) is 36.8 Å². The Labute approximate surface area is 123 Å². The maximum absolute atomic E-state index is 12.5. The first-order chi connectivity index (χ1) is 10.2. The summed E-state index contributed by atoms with van der Waals surface area (Å²) in [6.45, 7) is 0. The molecular formula is C16H18N2O3. The number of allylic oxidation sites excluding steroid dienone is 2. The predicted octanol–water partition coefficient (Wildman–Crippen LogP) is 1.62. The lowest BCUT2D eigenvalue weighted by Gasteiger charge is -2.21. The third kappa shape index (κ3) is 2.68. The first-order valence-corrected chi connectivity index (χ1v) is 7.16. The molecule has 3 rings (SSSR count). The molecule has 1 fully saturated rings. The number of rotatable bonds is 4. The molecule has 0 aromatic carbocycles. The number of methoxy groups -OCH3 is 1. The van der Waals surface area contributed by atoms with E-state index in [0.29, 0.717) is 17.5 Å². The van der Waals surface area contributed by atoms with Crippen LogP contribution in [0.15, 0.2) is 36.5 Å². The van der Waals surface area contributed by atoms with Crippen LogP contribution in [0.4, 0.5) is 0 Å². The van der Waals surface area contributed by atoms with E-state index < -0.39 is 12.0 Å². The quantitative estimate of drug-likeness (QED) is 0.674. The van der Waals surface area contributed by atoms with Gasteiger partial charge in [-0.1, -0.05) is 18.2 Å². The summed E-state index contributed by atoms with van der Waals surface area (Å²) in [5.74, 6) is 0.179. The Morgan fingerprint density at radius 3 is 2.76 bits per heavy atom. The van der Waals surface area contributed by atoms with E-state index in [1.54, 1.807) is 24.4 Å². The third-order valence-electron chi connectivity index (χ3n) is 4.32. The highest BCUT2D eigenvalue weighted by Gasteiger charge is 2.41. The molecule has 2 aliphatic carbocycles. The lowest BCUT2D eigenvalue weighted by molar-refractivity contribution is -0.146. The molecule has 1 heterocycles. The highest BCUT2D eigenvalue weighted by molar-refractivity contribution is 5.87. The summed E-state index contributed by atoms with van der Waals surface area (Å²) in [6, 6.07) is 4.42. The van der Waals surface area contributed by atoms with Crippen molar-refractivity contribution in [2.24, 2.45) is 17.8 Å². The molecule has 0 radical (unpaired) electrons. The van der Waals surface area contributed by atoms with Gasteiger partial charge in [-0.25, -0.2) is 4.79 Å². The average Bonchev–Trinajstić information content (AvgIpc) is 3.15. The molecule has 5 heteroatoms. The minimum absolute atomic E-state index is 0.0455. The number of hydrogen-bond donors (Lipinski definition) is 1. The van der Waals surface area contributed by atoms with Gasteiger partial charge < -0.3 is 10.1 Å².